The van der Waals surface area contributed by atoms with Crippen molar-refractivity contribution in [2.45, 2.75) is 25.4 Å². The first-order valence-electron chi connectivity index (χ1n) is 5.62. The van der Waals surface area contributed by atoms with Crippen LogP contribution in [0.25, 0.3) is 0 Å². The molecule has 2 nitrogen and oxygen atoms in total. The minimum Gasteiger partial charge on any atom is -0.495 e. The SMILES string of the molecule is OC(Cc1cccc(F)c1F)C1=CCCCO1. The average molecular weight is 240 g/mol. The van der Waals surface area contributed by atoms with Crippen LogP contribution in [0.15, 0.2) is 30.0 Å². The van der Waals surface area contributed by atoms with E-state index in [1.54, 1.807) is 6.08 Å². The summed E-state index contributed by atoms with van der Waals surface area (Å²) in [5.74, 6) is -1.34. The first-order valence-corrected chi connectivity index (χ1v) is 5.62. The molecule has 0 saturated heterocycles. The van der Waals surface area contributed by atoms with Crippen molar-refractivity contribution >= 4 is 0 Å². The maximum Gasteiger partial charge on any atom is 0.162 e. The van der Waals surface area contributed by atoms with E-state index in [0.29, 0.717) is 12.4 Å². The molecule has 1 heterocycles. The second kappa shape index (κ2) is 5.27. The molecular weight excluding hydrogens is 226 g/mol. The van der Waals surface area contributed by atoms with E-state index in [9.17, 15) is 13.9 Å². The lowest BCUT2D eigenvalue weighted by molar-refractivity contribution is 0.0912. The van der Waals surface area contributed by atoms with Gasteiger partial charge >= 0.3 is 0 Å². The molecule has 2 rings (SSSR count). The molecule has 1 aliphatic heterocycles. The number of ether oxygens (including phenoxy) is 1. The topological polar surface area (TPSA) is 29.5 Å². The summed E-state index contributed by atoms with van der Waals surface area (Å²) in [6, 6.07) is 3.95. The van der Waals surface area contributed by atoms with Crippen LogP contribution < -0.4 is 0 Å². The molecule has 0 saturated carbocycles. The third kappa shape index (κ3) is 2.82. The third-order valence-corrected chi connectivity index (χ3v) is 2.74. The monoisotopic (exact) mass is 240 g/mol. The molecule has 1 aromatic rings. The number of halogens is 2. The minimum atomic E-state index is -0.911. The normalized spacial score (nSPS) is 17.2. The summed E-state index contributed by atoms with van der Waals surface area (Å²) in [7, 11) is 0. The highest BCUT2D eigenvalue weighted by Crippen LogP contribution is 2.19. The van der Waals surface area contributed by atoms with Crippen LogP contribution in [0.5, 0.6) is 0 Å². The zero-order chi connectivity index (χ0) is 12.3. The van der Waals surface area contributed by atoms with Crippen molar-refractivity contribution < 1.29 is 18.6 Å². The number of hydrogen-bond acceptors (Lipinski definition) is 2. The highest BCUT2D eigenvalue weighted by Gasteiger charge is 2.18. The summed E-state index contributed by atoms with van der Waals surface area (Å²) < 4.78 is 31.6. The molecule has 0 radical (unpaired) electrons. The molecule has 1 aromatic carbocycles. The molecular formula is C13H14F2O2. The van der Waals surface area contributed by atoms with E-state index in [4.69, 9.17) is 4.74 Å². The van der Waals surface area contributed by atoms with Gasteiger partial charge in [0.05, 0.1) is 6.61 Å². The lowest BCUT2D eigenvalue weighted by atomic mass is 10.0. The highest BCUT2D eigenvalue weighted by atomic mass is 19.2. The predicted molar refractivity (Wildman–Crippen MR) is 59.3 cm³/mol. The van der Waals surface area contributed by atoms with Crippen LogP contribution in [0.3, 0.4) is 0 Å². The summed E-state index contributed by atoms with van der Waals surface area (Å²) in [6.07, 6.45) is 2.68. The van der Waals surface area contributed by atoms with Crippen LogP contribution in [-0.4, -0.2) is 17.8 Å². The van der Waals surface area contributed by atoms with E-state index >= 15 is 0 Å². The molecule has 0 aliphatic carbocycles. The van der Waals surface area contributed by atoms with Crippen molar-refractivity contribution in [1.29, 1.82) is 0 Å². The van der Waals surface area contributed by atoms with Gasteiger partial charge in [0, 0.05) is 6.42 Å². The quantitative estimate of drug-likeness (QED) is 0.879. The maximum atomic E-state index is 13.4. The van der Waals surface area contributed by atoms with E-state index in [1.165, 1.54) is 12.1 Å². The Labute approximate surface area is 98.5 Å². The Kier molecular flexibility index (Phi) is 3.74. The Morgan fingerprint density at radius 1 is 1.35 bits per heavy atom. The van der Waals surface area contributed by atoms with Crippen molar-refractivity contribution in [3.8, 4) is 0 Å². The fourth-order valence-electron chi connectivity index (χ4n) is 1.82. The number of aliphatic hydroxyl groups is 1. The van der Waals surface area contributed by atoms with Crippen molar-refractivity contribution in [3.63, 3.8) is 0 Å². The summed E-state index contributed by atoms with van der Waals surface area (Å²) in [5.41, 5.74) is 0.160. The highest BCUT2D eigenvalue weighted by molar-refractivity contribution is 5.21. The van der Waals surface area contributed by atoms with Gasteiger partial charge in [-0.15, -0.1) is 0 Å². The molecule has 0 amide bonds. The molecule has 0 fully saturated rings. The molecule has 1 unspecified atom stereocenters. The second-order valence-corrected chi connectivity index (χ2v) is 4.03. The van der Waals surface area contributed by atoms with Crippen LogP contribution in [-0.2, 0) is 11.2 Å². The zero-order valence-corrected chi connectivity index (χ0v) is 9.33. The third-order valence-electron chi connectivity index (χ3n) is 2.74. The van der Waals surface area contributed by atoms with Crippen LogP contribution in [0, 0.1) is 11.6 Å². The number of aliphatic hydroxyl groups excluding tert-OH is 1. The fourth-order valence-corrected chi connectivity index (χ4v) is 1.82. The van der Waals surface area contributed by atoms with Gasteiger partial charge in [-0.05, 0) is 30.5 Å². The van der Waals surface area contributed by atoms with Crippen molar-refractivity contribution in [2.75, 3.05) is 6.61 Å². The standard InChI is InChI=1S/C13H14F2O2/c14-10-5-3-4-9(13(10)15)8-11(16)12-6-1-2-7-17-12/h3-6,11,16H,1-2,7-8H2. The van der Waals surface area contributed by atoms with Crippen LogP contribution >= 0.6 is 0 Å². The van der Waals surface area contributed by atoms with Gasteiger partial charge in [-0.1, -0.05) is 12.1 Å². The maximum absolute atomic E-state index is 13.4. The van der Waals surface area contributed by atoms with Crippen molar-refractivity contribution in [2.24, 2.45) is 0 Å². The van der Waals surface area contributed by atoms with Gasteiger partial charge in [0.15, 0.2) is 11.6 Å². The van der Waals surface area contributed by atoms with Gasteiger partial charge < -0.3 is 9.84 Å². The fraction of sp³-hybridized carbons (Fsp3) is 0.385. The summed E-state index contributed by atoms with van der Waals surface area (Å²) in [6.45, 7) is 0.564. The Hall–Kier alpha value is -1.42. The Bertz CT molecular complexity index is 429. The first kappa shape index (κ1) is 12.0. The Morgan fingerprint density at radius 3 is 2.88 bits per heavy atom. The average Bonchev–Trinajstić information content (AvgIpc) is 2.36. The molecule has 92 valence electrons. The number of hydrogen-bond donors (Lipinski definition) is 1. The molecule has 0 bridgehead atoms. The molecule has 0 spiro atoms. The van der Waals surface area contributed by atoms with E-state index in [0.717, 1.165) is 18.9 Å². The molecule has 1 aliphatic rings. The van der Waals surface area contributed by atoms with Gasteiger partial charge in [0.2, 0.25) is 0 Å². The number of benzene rings is 1. The minimum absolute atomic E-state index is 0.0232. The molecule has 1 atom stereocenters. The van der Waals surface area contributed by atoms with Gasteiger partial charge in [0.25, 0.3) is 0 Å². The lowest BCUT2D eigenvalue weighted by Gasteiger charge is -2.20. The smallest absolute Gasteiger partial charge is 0.162 e. The predicted octanol–water partition coefficient (Wildman–Crippen LogP) is 2.56. The molecule has 0 aromatic heterocycles. The second-order valence-electron chi connectivity index (χ2n) is 4.03. The lowest BCUT2D eigenvalue weighted by Crippen LogP contribution is -2.19. The van der Waals surface area contributed by atoms with Crippen LogP contribution in [0.4, 0.5) is 8.78 Å². The number of allylic oxidation sites excluding steroid dienone is 1. The first-order chi connectivity index (χ1) is 8.18. The van der Waals surface area contributed by atoms with Crippen LogP contribution in [0.2, 0.25) is 0 Å². The van der Waals surface area contributed by atoms with Crippen molar-refractivity contribution in [1.82, 2.24) is 0 Å². The zero-order valence-electron chi connectivity index (χ0n) is 9.33. The largest absolute Gasteiger partial charge is 0.495 e. The van der Waals surface area contributed by atoms with Crippen LogP contribution in [0.1, 0.15) is 18.4 Å². The van der Waals surface area contributed by atoms with Gasteiger partial charge in [-0.25, -0.2) is 8.78 Å². The molecule has 1 N–H and O–H groups in total. The molecule has 17 heavy (non-hydrogen) atoms. The van der Waals surface area contributed by atoms with E-state index in [2.05, 4.69) is 0 Å². The Balaban J connectivity index is 2.10. The van der Waals surface area contributed by atoms with E-state index < -0.39 is 17.7 Å². The van der Waals surface area contributed by atoms with Gasteiger partial charge in [0.1, 0.15) is 11.9 Å². The Morgan fingerprint density at radius 2 is 2.18 bits per heavy atom. The summed E-state index contributed by atoms with van der Waals surface area (Å²) in [4.78, 5) is 0. The van der Waals surface area contributed by atoms with Gasteiger partial charge in [-0.3, -0.25) is 0 Å². The van der Waals surface area contributed by atoms with Gasteiger partial charge in [-0.2, -0.15) is 0 Å². The number of rotatable bonds is 3. The van der Waals surface area contributed by atoms with Crippen molar-refractivity contribution in [3.05, 3.63) is 47.2 Å². The summed E-state index contributed by atoms with van der Waals surface area (Å²) in [5, 5.41) is 9.86. The summed E-state index contributed by atoms with van der Waals surface area (Å²) >= 11 is 0. The van der Waals surface area contributed by atoms with E-state index in [-0.39, 0.29) is 12.0 Å². The van der Waals surface area contributed by atoms with E-state index in [1.807, 2.05) is 0 Å². The molecule has 4 heteroatoms.